The predicted molar refractivity (Wildman–Crippen MR) is 117 cm³/mol. The molecule has 7 heteroatoms. The van der Waals surface area contributed by atoms with Gasteiger partial charge in [-0.3, -0.25) is 9.52 Å². The van der Waals surface area contributed by atoms with E-state index in [0.29, 0.717) is 23.5 Å². The van der Waals surface area contributed by atoms with Crippen LogP contribution in [0, 0.1) is 6.92 Å². The van der Waals surface area contributed by atoms with Crippen LogP contribution in [0.3, 0.4) is 0 Å². The number of aryl methyl sites for hydroxylation is 1. The van der Waals surface area contributed by atoms with E-state index in [-0.39, 0.29) is 10.8 Å². The molecular formula is C23H24N2O4S. The molecule has 0 saturated heterocycles. The molecular weight excluding hydrogens is 400 g/mol. The van der Waals surface area contributed by atoms with Crippen molar-refractivity contribution in [2.45, 2.75) is 18.4 Å². The number of hydrogen-bond acceptors (Lipinski definition) is 4. The van der Waals surface area contributed by atoms with Gasteiger partial charge in [-0.15, -0.1) is 0 Å². The van der Waals surface area contributed by atoms with E-state index in [1.165, 1.54) is 17.0 Å². The number of sulfonamides is 1. The Balaban J connectivity index is 1.77. The summed E-state index contributed by atoms with van der Waals surface area (Å²) in [5.41, 5.74) is 2.71. The summed E-state index contributed by atoms with van der Waals surface area (Å²) in [5, 5.41) is 0. The van der Waals surface area contributed by atoms with Crippen LogP contribution in [0.1, 0.15) is 21.5 Å². The quantitative estimate of drug-likeness (QED) is 0.620. The van der Waals surface area contributed by atoms with Gasteiger partial charge in [-0.25, -0.2) is 8.42 Å². The molecule has 0 bridgehead atoms. The molecule has 1 amide bonds. The highest BCUT2D eigenvalue weighted by Crippen LogP contribution is 2.19. The third kappa shape index (κ3) is 5.18. The van der Waals surface area contributed by atoms with Crippen molar-refractivity contribution in [2.24, 2.45) is 0 Å². The van der Waals surface area contributed by atoms with Crippen molar-refractivity contribution in [3.05, 3.63) is 89.5 Å². The minimum Gasteiger partial charge on any atom is -0.497 e. The highest BCUT2D eigenvalue weighted by molar-refractivity contribution is 7.92. The maximum absolute atomic E-state index is 12.9. The maximum Gasteiger partial charge on any atom is 0.261 e. The highest BCUT2D eigenvalue weighted by Gasteiger charge is 2.18. The fourth-order valence-corrected chi connectivity index (χ4v) is 4.07. The van der Waals surface area contributed by atoms with E-state index >= 15 is 0 Å². The molecule has 0 aliphatic heterocycles. The molecule has 30 heavy (non-hydrogen) atoms. The molecule has 0 fully saturated rings. The van der Waals surface area contributed by atoms with Crippen LogP contribution >= 0.6 is 0 Å². The summed E-state index contributed by atoms with van der Waals surface area (Å²) in [6.07, 6.45) is 0. The Bertz CT molecular complexity index is 1140. The zero-order chi connectivity index (χ0) is 21.7. The number of carbonyl (C=O) groups is 1. The second kappa shape index (κ2) is 9.00. The summed E-state index contributed by atoms with van der Waals surface area (Å²) < 4.78 is 33.2. The predicted octanol–water partition coefficient (Wildman–Crippen LogP) is 4.08. The van der Waals surface area contributed by atoms with E-state index in [2.05, 4.69) is 4.72 Å². The first kappa shape index (κ1) is 21.4. The van der Waals surface area contributed by atoms with Crippen molar-refractivity contribution in [1.82, 2.24) is 4.90 Å². The summed E-state index contributed by atoms with van der Waals surface area (Å²) in [6, 6.07) is 20.5. The smallest absolute Gasteiger partial charge is 0.261 e. The summed E-state index contributed by atoms with van der Waals surface area (Å²) in [4.78, 5) is 14.4. The van der Waals surface area contributed by atoms with Crippen LogP contribution in [0.15, 0.2) is 77.7 Å². The monoisotopic (exact) mass is 424 g/mol. The lowest BCUT2D eigenvalue weighted by Gasteiger charge is -2.18. The minimum atomic E-state index is -3.81. The number of methoxy groups -OCH3 is 1. The van der Waals surface area contributed by atoms with Crippen molar-refractivity contribution >= 4 is 21.6 Å². The molecule has 0 saturated carbocycles. The Labute approximate surface area is 177 Å². The molecule has 6 nitrogen and oxygen atoms in total. The number of rotatable bonds is 7. The number of nitrogens with zero attached hydrogens (tertiary/aromatic N) is 1. The van der Waals surface area contributed by atoms with Gasteiger partial charge in [0.15, 0.2) is 0 Å². The number of benzene rings is 3. The Morgan fingerprint density at radius 2 is 1.70 bits per heavy atom. The molecule has 0 aromatic heterocycles. The van der Waals surface area contributed by atoms with Crippen molar-refractivity contribution < 1.29 is 17.9 Å². The van der Waals surface area contributed by atoms with Gasteiger partial charge in [-0.2, -0.15) is 0 Å². The van der Waals surface area contributed by atoms with Gasteiger partial charge in [0.25, 0.3) is 15.9 Å². The third-order valence-electron chi connectivity index (χ3n) is 4.60. The van der Waals surface area contributed by atoms with Gasteiger partial charge in [0.1, 0.15) is 5.75 Å². The molecule has 1 N–H and O–H groups in total. The Morgan fingerprint density at radius 3 is 2.40 bits per heavy atom. The molecule has 3 aromatic rings. The molecule has 0 spiro atoms. The maximum atomic E-state index is 12.9. The molecule has 0 radical (unpaired) electrons. The summed E-state index contributed by atoms with van der Waals surface area (Å²) in [7, 11) is -0.551. The Morgan fingerprint density at radius 1 is 1.00 bits per heavy atom. The van der Waals surface area contributed by atoms with Gasteiger partial charge in [0.05, 0.1) is 12.0 Å². The Kier molecular flexibility index (Phi) is 6.42. The number of nitrogens with one attached hydrogen (secondary N) is 1. The van der Waals surface area contributed by atoms with Gasteiger partial charge in [-0.1, -0.05) is 35.9 Å². The van der Waals surface area contributed by atoms with E-state index in [4.69, 9.17) is 4.74 Å². The van der Waals surface area contributed by atoms with Gasteiger partial charge >= 0.3 is 0 Å². The van der Waals surface area contributed by atoms with Gasteiger partial charge in [-0.05, 0) is 55.0 Å². The Hall–Kier alpha value is -3.32. The number of hydrogen-bond donors (Lipinski definition) is 1. The van der Waals surface area contributed by atoms with Gasteiger partial charge in [0.2, 0.25) is 0 Å². The van der Waals surface area contributed by atoms with E-state index in [1.54, 1.807) is 38.4 Å². The van der Waals surface area contributed by atoms with E-state index < -0.39 is 10.0 Å². The van der Waals surface area contributed by atoms with Crippen molar-refractivity contribution in [2.75, 3.05) is 18.9 Å². The molecule has 0 aliphatic rings. The average molecular weight is 425 g/mol. The SMILES string of the molecule is COc1cccc(CN(C)C(=O)c2cccc(S(=O)(=O)Nc3ccc(C)cc3)c2)c1. The number of carbonyl (C=O) groups excluding carboxylic acids is 1. The fourth-order valence-electron chi connectivity index (χ4n) is 2.97. The summed E-state index contributed by atoms with van der Waals surface area (Å²) >= 11 is 0. The van der Waals surface area contributed by atoms with Crippen LogP contribution in [0.5, 0.6) is 5.75 Å². The van der Waals surface area contributed by atoms with Crippen molar-refractivity contribution in [3.63, 3.8) is 0 Å². The molecule has 156 valence electrons. The average Bonchev–Trinajstić information content (AvgIpc) is 2.75. The van der Waals surface area contributed by atoms with Crippen LogP contribution in [0.2, 0.25) is 0 Å². The fraction of sp³-hybridized carbons (Fsp3) is 0.174. The van der Waals surface area contributed by atoms with Crippen LogP contribution in [-0.2, 0) is 16.6 Å². The molecule has 0 atom stereocenters. The highest BCUT2D eigenvalue weighted by atomic mass is 32.2. The third-order valence-corrected chi connectivity index (χ3v) is 5.97. The standard InChI is InChI=1S/C23H24N2O4S/c1-17-10-12-20(13-11-17)24-30(27,28)22-9-5-7-19(15-22)23(26)25(2)16-18-6-4-8-21(14-18)29-3/h4-15,24H,16H2,1-3H3. The van der Waals surface area contributed by atoms with E-state index in [0.717, 1.165) is 11.1 Å². The molecule has 3 aromatic carbocycles. The van der Waals surface area contributed by atoms with Crippen molar-refractivity contribution in [3.8, 4) is 5.75 Å². The number of amides is 1. The summed E-state index contributed by atoms with van der Waals surface area (Å²) in [6.45, 7) is 2.30. The first-order valence-electron chi connectivity index (χ1n) is 9.36. The summed E-state index contributed by atoms with van der Waals surface area (Å²) in [5.74, 6) is 0.439. The first-order chi connectivity index (χ1) is 14.3. The lowest BCUT2D eigenvalue weighted by Crippen LogP contribution is -2.26. The lowest BCUT2D eigenvalue weighted by molar-refractivity contribution is 0.0784. The first-order valence-corrected chi connectivity index (χ1v) is 10.8. The minimum absolute atomic E-state index is 0.0312. The van der Waals surface area contributed by atoms with Crippen LogP contribution in [-0.4, -0.2) is 33.4 Å². The number of anilines is 1. The van der Waals surface area contributed by atoms with E-state index in [9.17, 15) is 13.2 Å². The van der Waals surface area contributed by atoms with Crippen LogP contribution in [0.4, 0.5) is 5.69 Å². The molecule has 3 rings (SSSR count). The molecule has 0 aliphatic carbocycles. The topological polar surface area (TPSA) is 75.7 Å². The van der Waals surface area contributed by atoms with E-state index in [1.807, 2.05) is 43.3 Å². The zero-order valence-corrected chi connectivity index (χ0v) is 17.9. The van der Waals surface area contributed by atoms with Crippen LogP contribution in [0.25, 0.3) is 0 Å². The largest absolute Gasteiger partial charge is 0.497 e. The molecule has 0 unspecified atom stereocenters. The molecule has 0 heterocycles. The van der Waals surface area contributed by atoms with Gasteiger partial charge in [0, 0.05) is 24.8 Å². The number of ether oxygens (including phenoxy) is 1. The van der Waals surface area contributed by atoms with Crippen LogP contribution < -0.4 is 9.46 Å². The normalized spacial score (nSPS) is 11.0. The zero-order valence-electron chi connectivity index (χ0n) is 17.1. The van der Waals surface area contributed by atoms with Crippen molar-refractivity contribution in [1.29, 1.82) is 0 Å². The second-order valence-corrected chi connectivity index (χ2v) is 8.69. The van der Waals surface area contributed by atoms with Gasteiger partial charge < -0.3 is 9.64 Å². The lowest BCUT2D eigenvalue weighted by atomic mass is 10.1. The second-order valence-electron chi connectivity index (χ2n) is 7.01.